The maximum absolute atomic E-state index is 9.45. The van der Waals surface area contributed by atoms with Gasteiger partial charge in [-0.3, -0.25) is 0 Å². The second-order valence-corrected chi connectivity index (χ2v) is 3.90. The van der Waals surface area contributed by atoms with Gasteiger partial charge in [-0.15, -0.1) is 0 Å². The van der Waals surface area contributed by atoms with Crippen molar-refractivity contribution >= 4 is 11.6 Å². The second-order valence-electron chi connectivity index (χ2n) is 3.47. The maximum Gasteiger partial charge on any atom is 0.117 e. The number of benzene rings is 1. The molecule has 0 saturated carbocycles. The standard InChI is InChI=1S/C12H13ClO/c1-9(2)12(14)7-6-10-4-3-5-11(13)8-10/h3-5,8-9,12,14H,1-2H3. The molecule has 0 radical (unpaired) electrons. The summed E-state index contributed by atoms with van der Waals surface area (Å²) >= 11 is 5.79. The van der Waals surface area contributed by atoms with Crippen LogP contribution in [-0.2, 0) is 0 Å². The summed E-state index contributed by atoms with van der Waals surface area (Å²) in [6.45, 7) is 3.86. The highest BCUT2D eigenvalue weighted by molar-refractivity contribution is 6.30. The Morgan fingerprint density at radius 3 is 2.64 bits per heavy atom. The predicted octanol–water partition coefficient (Wildman–Crippen LogP) is 2.71. The lowest BCUT2D eigenvalue weighted by molar-refractivity contribution is 0.181. The monoisotopic (exact) mass is 208 g/mol. The van der Waals surface area contributed by atoms with Crippen molar-refractivity contribution < 1.29 is 5.11 Å². The molecule has 1 N–H and O–H groups in total. The Balaban J connectivity index is 2.77. The van der Waals surface area contributed by atoms with E-state index in [2.05, 4.69) is 11.8 Å². The molecule has 1 unspecified atom stereocenters. The fourth-order valence-electron chi connectivity index (χ4n) is 0.890. The van der Waals surface area contributed by atoms with Crippen molar-refractivity contribution in [3.05, 3.63) is 34.9 Å². The summed E-state index contributed by atoms with van der Waals surface area (Å²) in [4.78, 5) is 0. The van der Waals surface area contributed by atoms with Gasteiger partial charge in [0.05, 0.1) is 0 Å². The second kappa shape index (κ2) is 5.05. The van der Waals surface area contributed by atoms with Crippen LogP contribution in [0.15, 0.2) is 24.3 Å². The van der Waals surface area contributed by atoms with Gasteiger partial charge in [0.1, 0.15) is 6.10 Å². The highest BCUT2D eigenvalue weighted by Crippen LogP contribution is 2.09. The van der Waals surface area contributed by atoms with E-state index in [1.54, 1.807) is 12.1 Å². The lowest BCUT2D eigenvalue weighted by Gasteiger charge is -2.05. The Bertz CT molecular complexity index is 360. The lowest BCUT2D eigenvalue weighted by atomic mass is 10.1. The molecule has 1 aromatic rings. The Hall–Kier alpha value is -0.970. The number of hydrogen-bond donors (Lipinski definition) is 1. The molecular weight excluding hydrogens is 196 g/mol. The van der Waals surface area contributed by atoms with Crippen LogP contribution in [0.25, 0.3) is 0 Å². The van der Waals surface area contributed by atoms with Crippen LogP contribution in [0.4, 0.5) is 0 Å². The van der Waals surface area contributed by atoms with Gasteiger partial charge < -0.3 is 5.11 Å². The number of aliphatic hydroxyl groups is 1. The van der Waals surface area contributed by atoms with Gasteiger partial charge in [0.15, 0.2) is 0 Å². The van der Waals surface area contributed by atoms with E-state index in [1.807, 2.05) is 26.0 Å². The zero-order valence-corrected chi connectivity index (χ0v) is 9.05. The lowest BCUT2D eigenvalue weighted by Crippen LogP contribution is -2.11. The minimum absolute atomic E-state index is 0.154. The van der Waals surface area contributed by atoms with Gasteiger partial charge in [-0.05, 0) is 24.1 Å². The summed E-state index contributed by atoms with van der Waals surface area (Å²) in [6, 6.07) is 7.28. The molecule has 0 aromatic heterocycles. The topological polar surface area (TPSA) is 20.2 Å². The predicted molar refractivity (Wildman–Crippen MR) is 59.2 cm³/mol. The molecule has 1 atom stereocenters. The molecule has 0 fully saturated rings. The van der Waals surface area contributed by atoms with E-state index >= 15 is 0 Å². The van der Waals surface area contributed by atoms with Crippen molar-refractivity contribution in [2.24, 2.45) is 5.92 Å². The van der Waals surface area contributed by atoms with E-state index in [4.69, 9.17) is 11.6 Å². The van der Waals surface area contributed by atoms with Gasteiger partial charge in [0.2, 0.25) is 0 Å². The molecule has 0 aliphatic carbocycles. The van der Waals surface area contributed by atoms with E-state index in [1.165, 1.54) is 0 Å². The first-order valence-corrected chi connectivity index (χ1v) is 4.92. The number of halogens is 1. The third kappa shape index (κ3) is 3.41. The zero-order chi connectivity index (χ0) is 10.6. The fraction of sp³-hybridized carbons (Fsp3) is 0.333. The molecule has 0 aliphatic heterocycles. The highest BCUT2D eigenvalue weighted by atomic mass is 35.5. The minimum Gasteiger partial charge on any atom is -0.380 e. The zero-order valence-electron chi connectivity index (χ0n) is 8.29. The molecule has 0 amide bonds. The van der Waals surface area contributed by atoms with Gasteiger partial charge in [-0.2, -0.15) is 0 Å². The Morgan fingerprint density at radius 1 is 1.36 bits per heavy atom. The quantitative estimate of drug-likeness (QED) is 0.704. The molecule has 0 spiro atoms. The van der Waals surface area contributed by atoms with Crippen LogP contribution in [-0.4, -0.2) is 11.2 Å². The summed E-state index contributed by atoms with van der Waals surface area (Å²) in [7, 11) is 0. The molecule has 2 heteroatoms. The molecule has 14 heavy (non-hydrogen) atoms. The molecule has 74 valence electrons. The first kappa shape index (κ1) is 11.1. The Morgan fingerprint density at radius 2 is 2.07 bits per heavy atom. The summed E-state index contributed by atoms with van der Waals surface area (Å²) in [5, 5.41) is 10.1. The van der Waals surface area contributed by atoms with Crippen molar-refractivity contribution in [1.82, 2.24) is 0 Å². The van der Waals surface area contributed by atoms with Crippen LogP contribution in [0.1, 0.15) is 19.4 Å². The highest BCUT2D eigenvalue weighted by Gasteiger charge is 2.03. The van der Waals surface area contributed by atoms with E-state index in [0.717, 1.165) is 5.56 Å². The third-order valence-corrected chi connectivity index (χ3v) is 2.06. The molecule has 1 rings (SSSR count). The number of hydrogen-bond acceptors (Lipinski definition) is 1. The Labute approximate surface area is 89.7 Å². The first-order chi connectivity index (χ1) is 6.59. The van der Waals surface area contributed by atoms with Crippen LogP contribution >= 0.6 is 11.6 Å². The van der Waals surface area contributed by atoms with Crippen molar-refractivity contribution in [3.8, 4) is 11.8 Å². The SMILES string of the molecule is CC(C)C(O)C#Cc1cccc(Cl)c1. The smallest absolute Gasteiger partial charge is 0.117 e. The molecule has 1 aromatic carbocycles. The minimum atomic E-state index is -0.575. The van der Waals surface area contributed by atoms with Gasteiger partial charge in [0.25, 0.3) is 0 Å². The molecule has 0 heterocycles. The van der Waals surface area contributed by atoms with Crippen molar-refractivity contribution in [2.45, 2.75) is 20.0 Å². The van der Waals surface area contributed by atoms with Crippen molar-refractivity contribution in [1.29, 1.82) is 0 Å². The van der Waals surface area contributed by atoms with Gasteiger partial charge in [0, 0.05) is 10.6 Å². The van der Waals surface area contributed by atoms with Crippen molar-refractivity contribution in [2.75, 3.05) is 0 Å². The molecule has 1 nitrogen and oxygen atoms in total. The van der Waals surface area contributed by atoms with Crippen molar-refractivity contribution in [3.63, 3.8) is 0 Å². The number of aliphatic hydroxyl groups excluding tert-OH is 1. The summed E-state index contributed by atoms with van der Waals surface area (Å²) in [6.07, 6.45) is -0.575. The van der Waals surface area contributed by atoms with Gasteiger partial charge in [-0.1, -0.05) is 43.4 Å². The average Bonchev–Trinajstić information content (AvgIpc) is 2.14. The average molecular weight is 209 g/mol. The summed E-state index contributed by atoms with van der Waals surface area (Å²) < 4.78 is 0. The number of rotatable bonds is 1. The third-order valence-electron chi connectivity index (χ3n) is 1.82. The van der Waals surface area contributed by atoms with Crippen LogP contribution in [0.3, 0.4) is 0 Å². The summed E-state index contributed by atoms with van der Waals surface area (Å²) in [5.41, 5.74) is 0.831. The molecule has 0 bridgehead atoms. The summed E-state index contributed by atoms with van der Waals surface area (Å²) in [5.74, 6) is 5.81. The van der Waals surface area contributed by atoms with Gasteiger partial charge in [-0.25, -0.2) is 0 Å². The first-order valence-electron chi connectivity index (χ1n) is 4.55. The normalized spacial score (nSPS) is 12.1. The largest absolute Gasteiger partial charge is 0.380 e. The van der Waals surface area contributed by atoms with E-state index < -0.39 is 6.10 Å². The van der Waals surface area contributed by atoms with Crippen LogP contribution in [0.2, 0.25) is 5.02 Å². The van der Waals surface area contributed by atoms with Gasteiger partial charge >= 0.3 is 0 Å². The molecule has 0 aliphatic rings. The van der Waals surface area contributed by atoms with Crippen LogP contribution in [0, 0.1) is 17.8 Å². The van der Waals surface area contributed by atoms with Crippen LogP contribution < -0.4 is 0 Å². The van der Waals surface area contributed by atoms with E-state index in [0.29, 0.717) is 5.02 Å². The Kier molecular flexibility index (Phi) is 4.00. The fourth-order valence-corrected chi connectivity index (χ4v) is 1.08. The van der Waals surface area contributed by atoms with E-state index in [-0.39, 0.29) is 5.92 Å². The molecule has 0 saturated heterocycles. The van der Waals surface area contributed by atoms with Crippen LogP contribution in [0.5, 0.6) is 0 Å². The molecular formula is C12H13ClO. The maximum atomic E-state index is 9.45. The van der Waals surface area contributed by atoms with E-state index in [9.17, 15) is 5.11 Å².